The lowest BCUT2D eigenvalue weighted by Gasteiger charge is -2.04. The SMILES string of the molecule is CC(C)NCc1cc(-c2ccccc2Cl)ns1. The van der Waals surface area contributed by atoms with Crippen LogP contribution in [-0.4, -0.2) is 10.4 Å². The Labute approximate surface area is 111 Å². The summed E-state index contributed by atoms with van der Waals surface area (Å²) in [7, 11) is 0. The van der Waals surface area contributed by atoms with E-state index in [4.69, 9.17) is 11.6 Å². The predicted octanol–water partition coefficient (Wildman–Crippen LogP) is 3.96. The molecule has 90 valence electrons. The molecule has 0 aliphatic rings. The minimum Gasteiger partial charge on any atom is -0.310 e. The molecule has 0 saturated heterocycles. The minimum atomic E-state index is 0.487. The summed E-state index contributed by atoms with van der Waals surface area (Å²) in [5, 5.41) is 4.13. The van der Waals surface area contributed by atoms with Gasteiger partial charge in [0.05, 0.1) is 5.69 Å². The lowest BCUT2D eigenvalue weighted by Crippen LogP contribution is -2.21. The molecule has 0 amide bonds. The second kappa shape index (κ2) is 5.63. The molecule has 1 heterocycles. The van der Waals surface area contributed by atoms with Crippen LogP contribution in [0.1, 0.15) is 18.7 Å². The van der Waals surface area contributed by atoms with Crippen LogP contribution in [0.2, 0.25) is 5.02 Å². The van der Waals surface area contributed by atoms with E-state index in [0.717, 1.165) is 22.8 Å². The van der Waals surface area contributed by atoms with Gasteiger partial charge in [-0.3, -0.25) is 0 Å². The van der Waals surface area contributed by atoms with Crippen LogP contribution >= 0.6 is 23.1 Å². The molecule has 17 heavy (non-hydrogen) atoms. The Kier molecular flexibility index (Phi) is 4.15. The summed E-state index contributed by atoms with van der Waals surface area (Å²) in [4.78, 5) is 1.23. The van der Waals surface area contributed by atoms with Gasteiger partial charge in [0, 0.05) is 28.0 Å². The van der Waals surface area contributed by atoms with Gasteiger partial charge in [-0.15, -0.1) is 0 Å². The van der Waals surface area contributed by atoms with Crippen molar-refractivity contribution in [1.82, 2.24) is 9.69 Å². The summed E-state index contributed by atoms with van der Waals surface area (Å²) in [6.07, 6.45) is 0. The maximum Gasteiger partial charge on any atom is 0.0858 e. The molecule has 0 aliphatic heterocycles. The first-order chi connectivity index (χ1) is 8.16. The van der Waals surface area contributed by atoms with Crippen molar-refractivity contribution in [3.8, 4) is 11.3 Å². The summed E-state index contributed by atoms with van der Waals surface area (Å²) in [6.45, 7) is 5.13. The Bertz CT molecular complexity index is 494. The van der Waals surface area contributed by atoms with Gasteiger partial charge < -0.3 is 5.32 Å². The lowest BCUT2D eigenvalue weighted by molar-refractivity contribution is 0.593. The van der Waals surface area contributed by atoms with E-state index in [1.54, 1.807) is 0 Å². The lowest BCUT2D eigenvalue weighted by atomic mass is 10.1. The minimum absolute atomic E-state index is 0.487. The zero-order valence-electron chi connectivity index (χ0n) is 9.90. The molecule has 0 unspecified atom stereocenters. The number of halogens is 1. The molecule has 0 fully saturated rings. The van der Waals surface area contributed by atoms with Gasteiger partial charge in [-0.25, -0.2) is 0 Å². The van der Waals surface area contributed by atoms with Crippen molar-refractivity contribution in [3.63, 3.8) is 0 Å². The molecule has 1 aromatic heterocycles. The fraction of sp³-hybridized carbons (Fsp3) is 0.308. The summed E-state index contributed by atoms with van der Waals surface area (Å²) < 4.78 is 4.44. The van der Waals surface area contributed by atoms with Gasteiger partial charge >= 0.3 is 0 Å². The maximum absolute atomic E-state index is 6.14. The third-order valence-corrected chi connectivity index (χ3v) is 3.51. The maximum atomic E-state index is 6.14. The third-order valence-electron chi connectivity index (χ3n) is 2.39. The van der Waals surface area contributed by atoms with Crippen molar-refractivity contribution in [2.45, 2.75) is 26.4 Å². The number of benzene rings is 1. The van der Waals surface area contributed by atoms with Crippen molar-refractivity contribution < 1.29 is 0 Å². The topological polar surface area (TPSA) is 24.9 Å². The summed E-state index contributed by atoms with van der Waals surface area (Å²) in [5.74, 6) is 0. The number of nitrogens with one attached hydrogen (secondary N) is 1. The van der Waals surface area contributed by atoms with Crippen LogP contribution in [0.3, 0.4) is 0 Å². The highest BCUT2D eigenvalue weighted by Gasteiger charge is 2.07. The fourth-order valence-corrected chi connectivity index (χ4v) is 2.41. The van der Waals surface area contributed by atoms with Gasteiger partial charge in [-0.05, 0) is 23.7 Å². The summed E-state index contributed by atoms with van der Waals surface area (Å²) in [5.41, 5.74) is 1.96. The Morgan fingerprint density at radius 3 is 2.82 bits per heavy atom. The second-order valence-corrected chi connectivity index (χ2v) is 5.49. The van der Waals surface area contributed by atoms with Crippen molar-refractivity contribution in [3.05, 3.63) is 40.2 Å². The van der Waals surface area contributed by atoms with Crippen LogP contribution in [-0.2, 0) is 6.54 Å². The van der Waals surface area contributed by atoms with E-state index < -0.39 is 0 Å². The van der Waals surface area contributed by atoms with Crippen LogP contribution in [0.25, 0.3) is 11.3 Å². The first kappa shape index (κ1) is 12.6. The Morgan fingerprint density at radius 1 is 1.35 bits per heavy atom. The number of aromatic nitrogens is 1. The molecular weight excluding hydrogens is 252 g/mol. The molecule has 1 N–H and O–H groups in total. The smallest absolute Gasteiger partial charge is 0.0858 e. The van der Waals surface area contributed by atoms with E-state index in [0.29, 0.717) is 6.04 Å². The summed E-state index contributed by atoms with van der Waals surface area (Å²) in [6, 6.07) is 10.4. The van der Waals surface area contributed by atoms with Crippen LogP contribution in [0, 0.1) is 0 Å². The number of rotatable bonds is 4. The van der Waals surface area contributed by atoms with E-state index in [2.05, 4.69) is 29.6 Å². The van der Waals surface area contributed by atoms with Crippen LogP contribution in [0.15, 0.2) is 30.3 Å². The normalized spacial score (nSPS) is 11.1. The molecular formula is C13H15ClN2S. The number of hydrogen-bond donors (Lipinski definition) is 1. The van der Waals surface area contributed by atoms with Gasteiger partial charge in [0.1, 0.15) is 0 Å². The zero-order chi connectivity index (χ0) is 12.3. The van der Waals surface area contributed by atoms with Crippen molar-refractivity contribution >= 4 is 23.1 Å². The van der Waals surface area contributed by atoms with E-state index in [9.17, 15) is 0 Å². The number of hydrogen-bond acceptors (Lipinski definition) is 3. The fourth-order valence-electron chi connectivity index (χ4n) is 1.50. The van der Waals surface area contributed by atoms with Crippen molar-refractivity contribution in [1.29, 1.82) is 0 Å². The highest BCUT2D eigenvalue weighted by Crippen LogP contribution is 2.28. The average Bonchev–Trinajstić information content (AvgIpc) is 2.75. The molecule has 2 rings (SSSR count). The van der Waals surface area contributed by atoms with Crippen LogP contribution < -0.4 is 5.32 Å². The van der Waals surface area contributed by atoms with E-state index in [-0.39, 0.29) is 0 Å². The van der Waals surface area contributed by atoms with Crippen molar-refractivity contribution in [2.24, 2.45) is 0 Å². The van der Waals surface area contributed by atoms with Gasteiger partial charge in [0.2, 0.25) is 0 Å². The molecule has 0 saturated carbocycles. The predicted molar refractivity (Wildman–Crippen MR) is 74.5 cm³/mol. The number of nitrogens with zero attached hydrogens (tertiary/aromatic N) is 1. The first-order valence-corrected chi connectivity index (χ1v) is 6.76. The largest absolute Gasteiger partial charge is 0.310 e. The quantitative estimate of drug-likeness (QED) is 0.906. The molecule has 2 aromatic rings. The molecule has 2 nitrogen and oxygen atoms in total. The highest BCUT2D eigenvalue weighted by molar-refractivity contribution is 7.06. The van der Waals surface area contributed by atoms with E-state index in [1.165, 1.54) is 16.4 Å². The molecule has 0 spiro atoms. The van der Waals surface area contributed by atoms with Gasteiger partial charge in [0.25, 0.3) is 0 Å². The molecule has 0 atom stereocenters. The van der Waals surface area contributed by atoms with Crippen molar-refractivity contribution in [2.75, 3.05) is 0 Å². The molecule has 0 radical (unpaired) electrons. The van der Waals surface area contributed by atoms with Gasteiger partial charge in [-0.2, -0.15) is 4.37 Å². The van der Waals surface area contributed by atoms with Gasteiger partial charge in [-0.1, -0.05) is 43.6 Å². The summed E-state index contributed by atoms with van der Waals surface area (Å²) >= 11 is 7.67. The van der Waals surface area contributed by atoms with E-state index >= 15 is 0 Å². The Morgan fingerprint density at radius 2 is 2.12 bits per heavy atom. The molecule has 1 aromatic carbocycles. The van der Waals surface area contributed by atoms with Gasteiger partial charge in [0.15, 0.2) is 0 Å². The first-order valence-electron chi connectivity index (χ1n) is 5.60. The second-order valence-electron chi connectivity index (χ2n) is 4.19. The standard InChI is InChI=1S/C13H15ClN2S/c1-9(2)15-8-10-7-13(16-17-10)11-5-3-4-6-12(11)14/h3-7,9,15H,8H2,1-2H3. The Balaban J connectivity index is 2.16. The average molecular weight is 267 g/mol. The molecule has 0 bridgehead atoms. The van der Waals surface area contributed by atoms with Crippen LogP contribution in [0.4, 0.5) is 0 Å². The highest BCUT2D eigenvalue weighted by atomic mass is 35.5. The zero-order valence-corrected chi connectivity index (χ0v) is 11.5. The van der Waals surface area contributed by atoms with Crippen LogP contribution in [0.5, 0.6) is 0 Å². The monoisotopic (exact) mass is 266 g/mol. The van der Waals surface area contributed by atoms with E-state index in [1.807, 2.05) is 24.3 Å². The Hall–Kier alpha value is -0.900. The molecule has 4 heteroatoms. The molecule has 0 aliphatic carbocycles. The third kappa shape index (κ3) is 3.28.